The molecular formula is C109H118ClN21O12S7. The van der Waals surface area contributed by atoms with E-state index in [1.54, 1.807) is 79.7 Å². The fourth-order valence-electron chi connectivity index (χ4n) is 17.1. The lowest BCUT2D eigenvalue weighted by Gasteiger charge is -2.38. The van der Waals surface area contributed by atoms with E-state index in [9.17, 15) is 63.3 Å². The molecule has 4 aliphatic heterocycles. The molecule has 3 atom stereocenters. The molecule has 1 saturated carbocycles. The number of amides is 11. The van der Waals surface area contributed by atoms with Crippen LogP contribution >= 0.6 is 92.2 Å². The third kappa shape index (κ3) is 30.0. The third-order valence-corrected chi connectivity index (χ3v) is 32.7. The first-order chi connectivity index (χ1) is 71.9. The van der Waals surface area contributed by atoms with Gasteiger partial charge in [0.25, 0.3) is 35.4 Å². The zero-order valence-electron chi connectivity index (χ0n) is 85.5. The van der Waals surface area contributed by atoms with Crippen LogP contribution in [0.3, 0.4) is 0 Å². The Morgan fingerprint density at radius 1 is 0.460 bits per heavy atom. The molecule has 780 valence electrons. The summed E-state index contributed by atoms with van der Waals surface area (Å²) in [6.07, 6.45) is 17.0. The number of methoxy groups -OCH3 is 1. The van der Waals surface area contributed by atoms with Crippen LogP contribution in [0.4, 0.5) is 26.3 Å². The molecule has 0 radical (unpaired) electrons. The highest BCUT2D eigenvalue weighted by Gasteiger charge is 2.38. The molecule has 2 unspecified atom stereocenters. The van der Waals surface area contributed by atoms with Crippen molar-refractivity contribution in [2.24, 2.45) is 5.92 Å². The maximum atomic E-state index is 13.6. The first-order valence-corrected chi connectivity index (χ1v) is 54.3. The Balaban J connectivity index is 0.000000167. The molecule has 150 heavy (non-hydrogen) atoms. The number of aryl methyl sites for hydroxylation is 6. The highest BCUT2D eigenvalue weighted by Crippen LogP contribution is 2.44. The first-order valence-electron chi connectivity index (χ1n) is 48.2. The normalized spacial score (nSPS) is 15.4. The average Bonchev–Trinajstić information content (AvgIpc) is 0.830. The summed E-state index contributed by atoms with van der Waals surface area (Å²) in [6.45, 7) is 34.3. The summed E-state index contributed by atoms with van der Waals surface area (Å²) in [6, 6.07) is 38.5. The molecular weight excluding hydrogens is 2060 g/mol. The van der Waals surface area contributed by atoms with Gasteiger partial charge in [0, 0.05) is 163 Å². The number of carbonyl (C=O) groups excluding carboxylic acids is 11. The molecule has 5 fully saturated rings. The van der Waals surface area contributed by atoms with Gasteiger partial charge in [0.1, 0.15) is 23.7 Å². The van der Waals surface area contributed by atoms with Gasteiger partial charge in [-0.2, -0.15) is 10.5 Å². The summed E-state index contributed by atoms with van der Waals surface area (Å²) in [7, 11) is 9.42. The number of halogens is 1. The van der Waals surface area contributed by atoms with Crippen LogP contribution in [0.15, 0.2) is 224 Å². The number of rotatable bonds is 29. The van der Waals surface area contributed by atoms with E-state index in [2.05, 4.69) is 97.6 Å². The van der Waals surface area contributed by atoms with Gasteiger partial charge in [-0.1, -0.05) is 150 Å². The Labute approximate surface area is 906 Å². The van der Waals surface area contributed by atoms with E-state index in [1.165, 1.54) is 122 Å². The highest BCUT2D eigenvalue weighted by molar-refractivity contribution is 8.02. The van der Waals surface area contributed by atoms with Gasteiger partial charge < -0.3 is 64.4 Å². The van der Waals surface area contributed by atoms with Crippen molar-refractivity contribution >= 4 is 184 Å². The van der Waals surface area contributed by atoms with E-state index >= 15 is 0 Å². The molecule has 41 heteroatoms. The number of nitrogens with one attached hydrogen (secondary N) is 4. The van der Waals surface area contributed by atoms with Gasteiger partial charge in [-0.05, 0) is 243 Å². The number of aromatic nitrogens is 5. The maximum absolute atomic E-state index is 13.6. The van der Waals surface area contributed by atoms with Crippen LogP contribution < -0.4 is 26.0 Å². The lowest BCUT2D eigenvalue weighted by atomic mass is 9.96. The molecule has 1 aliphatic carbocycles. The summed E-state index contributed by atoms with van der Waals surface area (Å²) in [4.78, 5) is 182. The Morgan fingerprint density at radius 3 is 1.42 bits per heavy atom. The number of anilines is 5. The Kier molecular flexibility index (Phi) is 39.9. The number of piperazine rings is 3. The zero-order valence-corrected chi connectivity index (χ0v) is 91.9. The summed E-state index contributed by atoms with van der Waals surface area (Å²) in [5.74, 6) is -0.474. The van der Waals surface area contributed by atoms with E-state index in [0.29, 0.717) is 118 Å². The molecule has 4 saturated heterocycles. The minimum Gasteiger partial charge on any atom is -0.496 e. The van der Waals surface area contributed by atoms with E-state index < -0.39 is 12.1 Å². The van der Waals surface area contributed by atoms with Crippen molar-refractivity contribution in [1.82, 2.24) is 73.9 Å². The largest absolute Gasteiger partial charge is 0.496 e. The number of hydrogen-bond donors (Lipinski definition) is 4. The maximum Gasteiger partial charge on any atom is 0.257 e. The molecule has 5 aliphatic rings. The van der Waals surface area contributed by atoms with Crippen molar-refractivity contribution in [3.05, 3.63) is 290 Å². The van der Waals surface area contributed by atoms with Gasteiger partial charge >= 0.3 is 0 Å². The number of ether oxygens (including phenoxy) is 1. The van der Waals surface area contributed by atoms with Crippen LogP contribution in [0.1, 0.15) is 143 Å². The molecule has 4 N–H and O–H groups in total. The minimum atomic E-state index is -0.764. The predicted molar refractivity (Wildman–Crippen MR) is 591 cm³/mol. The number of nitrogens with zero attached hydrogens (tertiary/aromatic N) is 17. The number of nitriles is 2. The molecule has 11 aromatic rings. The standard InChI is InChI=1S/C30H32N6O4S2.C30H32N6O3S2.C26H32N4O3S.C23H22ClN5O2S2/c1-6-26(37)36-11-10-35(18-22(36)15-31)29(39)23-14-25(19(2)12-24(23)40-5)41-27-16-32-30(42-27)33-28(38)21-9-7-8-20(13-21)17-34(3)4;1-6-26(37)36-11-10-35(18-23(36)15-31)29(39)24-14-25(20(3)12-19(24)2)40-27-16-32-30(41-27)33-28(38)22-9-7-8-21(13-22)17-34(4)5;1-5-23(31)30-10-6-9-29(15-18(30)4)25(33)22-13-20(16(2)11-17(22)3)12-21-14-27-26(34-21)28-24(32)19-7-8-19;1-3-20(30)28-8-10-29(11-9-28)22(31)16-13-18(17(24)12-15(16)2)32-21-14-26-23(33-21)27-19-6-4-5-7-25-19/h6-9,12-14,16,22H,1,10-11,17-18H2,2-5H3,(H,32,33,38);6-9,12-14,16,23H,1,10-11,17-18H2,2-5H3,(H,32,33,38);5,11,13-14,18-19H,1,6-10,12,15H2,2-4H3,(H,27,28,32);3-7,12-14H,1,8-11H2,2H3,(H,25,26,27)/t;;18-;/m..1./s1. The minimum absolute atomic E-state index is 0.000178. The van der Waals surface area contributed by atoms with Gasteiger partial charge in [-0.15, -0.1) is 11.3 Å². The topological polar surface area (TPSA) is 390 Å². The highest BCUT2D eigenvalue weighted by atomic mass is 35.5. The Bertz CT molecular complexity index is 7000. The quantitative estimate of drug-likeness (QED) is 0.0316. The van der Waals surface area contributed by atoms with Gasteiger partial charge in [-0.3, -0.25) is 63.4 Å². The molecule has 11 amide bonds. The number of thiazole rings is 4. The van der Waals surface area contributed by atoms with Gasteiger partial charge in [0.05, 0.1) is 74.1 Å². The Morgan fingerprint density at radius 2 is 0.907 bits per heavy atom. The van der Waals surface area contributed by atoms with Crippen LogP contribution in [-0.2, 0) is 43.5 Å². The smallest absolute Gasteiger partial charge is 0.257 e. The summed E-state index contributed by atoms with van der Waals surface area (Å²) < 4.78 is 8.17. The molecule has 0 spiro atoms. The lowest BCUT2D eigenvalue weighted by Crippen LogP contribution is -2.55. The monoisotopic (exact) mass is 2170 g/mol. The van der Waals surface area contributed by atoms with E-state index in [4.69, 9.17) is 16.3 Å². The molecule has 5 aromatic heterocycles. The molecule has 9 heterocycles. The van der Waals surface area contributed by atoms with Crippen LogP contribution in [0.25, 0.3) is 0 Å². The zero-order chi connectivity index (χ0) is 108. The second-order valence-electron chi connectivity index (χ2n) is 36.7. The molecule has 16 rings (SSSR count). The Hall–Kier alpha value is -14.0. The van der Waals surface area contributed by atoms with Crippen LogP contribution in [0.5, 0.6) is 5.75 Å². The van der Waals surface area contributed by atoms with E-state index in [1.807, 2.05) is 169 Å². The van der Waals surface area contributed by atoms with Crippen molar-refractivity contribution < 1.29 is 57.5 Å². The van der Waals surface area contributed by atoms with Crippen LogP contribution in [0.2, 0.25) is 5.02 Å². The van der Waals surface area contributed by atoms with Crippen molar-refractivity contribution in [1.29, 1.82) is 10.5 Å². The van der Waals surface area contributed by atoms with Crippen molar-refractivity contribution in [2.75, 3.05) is 142 Å². The molecule has 0 bridgehead atoms. The number of carbonyl (C=O) groups is 11. The predicted octanol–water partition coefficient (Wildman–Crippen LogP) is 17.7. The van der Waals surface area contributed by atoms with Crippen LogP contribution in [-0.4, -0.2) is 277 Å². The second kappa shape index (κ2) is 52.9. The SMILES string of the molecule is C=CC(=O)N1CCCN(C(=O)c2cc(Cc3cnc(NC(=O)C4CC4)s3)c(C)cc2C)C[C@H]1C.C=CC(=O)N1CCN(C(=O)c2cc(Sc3cnc(NC(=O)c4cccc(CN(C)C)c4)s3)c(C)cc2C)CC1C#N.C=CC(=O)N1CCN(C(=O)c2cc(Sc3cnc(NC(=O)c4cccc(CN(C)C)c4)s3)c(C)cc2OC)CC1C#N.C=CC(=O)N1CCN(C(=O)c2cc(Sc3cnc(Nc4ccccn4)s3)c(Cl)cc2C)CC1. The van der Waals surface area contributed by atoms with E-state index in [-0.39, 0.29) is 110 Å². The van der Waals surface area contributed by atoms with Crippen molar-refractivity contribution in [2.45, 2.75) is 133 Å². The van der Waals surface area contributed by atoms with Crippen LogP contribution in [0, 0.1) is 70.1 Å². The number of hydrogen-bond acceptors (Lipinski definition) is 29. The number of benzene rings is 6. The van der Waals surface area contributed by atoms with Crippen molar-refractivity contribution in [3.8, 4) is 17.9 Å². The van der Waals surface area contributed by atoms with Crippen molar-refractivity contribution in [3.63, 3.8) is 0 Å². The average molecular weight is 2170 g/mol. The van der Waals surface area contributed by atoms with Gasteiger partial charge in [0.2, 0.25) is 29.5 Å². The van der Waals surface area contributed by atoms with Gasteiger partial charge in [0.15, 0.2) is 20.5 Å². The third-order valence-electron chi connectivity index (χ3n) is 25.0. The molecule has 33 nitrogen and oxygen atoms in total. The number of pyridine rings is 1. The van der Waals surface area contributed by atoms with E-state index in [0.717, 1.165) is 126 Å². The summed E-state index contributed by atoms with van der Waals surface area (Å²) in [5, 5.41) is 33.9. The fourth-order valence-corrected chi connectivity index (χ4v) is 24.0. The lowest BCUT2D eigenvalue weighted by molar-refractivity contribution is -0.129. The van der Waals surface area contributed by atoms with Gasteiger partial charge in [-0.25, -0.2) is 24.9 Å². The second-order valence-corrected chi connectivity index (χ2v) is 45.3. The first kappa shape index (κ1) is 113. The summed E-state index contributed by atoms with van der Waals surface area (Å²) >= 11 is 16.6. The molecule has 6 aromatic carbocycles. The fraction of sp³-hybridized carbons (Fsp3) is 0.321. The summed E-state index contributed by atoms with van der Waals surface area (Å²) in [5.41, 5.74) is 12.2.